The van der Waals surface area contributed by atoms with E-state index >= 15 is 0 Å². The van der Waals surface area contributed by atoms with E-state index in [-0.39, 0.29) is 38.0 Å². The zero-order valence-electron chi connectivity index (χ0n) is 42.0. The van der Waals surface area contributed by atoms with Gasteiger partial charge in [0.25, 0.3) is 0 Å². The Morgan fingerprint density at radius 3 is 1.59 bits per heavy atom. The van der Waals surface area contributed by atoms with Crippen molar-refractivity contribution in [2.75, 3.05) is 13.2 Å². The monoisotopic (exact) mass is 1040 g/mol. The summed E-state index contributed by atoms with van der Waals surface area (Å²) in [6.45, 7) is 3.19. The molecule has 26 nitrogen and oxygen atoms in total. The fraction of sp³-hybridized carbons (Fsp3) is 0.625. The van der Waals surface area contributed by atoms with E-state index in [1.807, 2.05) is 0 Å². The second-order valence-electron chi connectivity index (χ2n) is 19.2. The lowest BCUT2D eigenvalue weighted by Crippen LogP contribution is -2.60. The van der Waals surface area contributed by atoms with Gasteiger partial charge in [-0.3, -0.25) is 57.5 Å². The number of benzene rings is 1. The van der Waals surface area contributed by atoms with E-state index in [0.29, 0.717) is 24.3 Å². The fourth-order valence-corrected chi connectivity index (χ4v) is 8.56. The SMILES string of the molecule is CC(C)CCCCCCCCC1CC(=O)NC(CC(N)=O)C(=O)NC(Cc2ccc(O)cc2)C(=O)NC(CC(N)=O)C(=O)NC(CCC(N)=O)C(=O)N2CCCC2C(=O)NC(CC(N)=O)C(=O)NC(CO)C(=O)N1. The topological polar surface area (TPSA) is 437 Å². The van der Waals surface area contributed by atoms with Crippen LogP contribution in [-0.4, -0.2) is 147 Å². The number of aliphatic hydroxyl groups excluding tert-OH is 1. The third-order valence-electron chi connectivity index (χ3n) is 12.5. The Bertz CT molecular complexity index is 2180. The lowest BCUT2D eigenvalue weighted by molar-refractivity contribution is -0.143. The molecule has 17 N–H and O–H groups in total. The molecule has 1 aromatic carbocycles. The van der Waals surface area contributed by atoms with Crippen molar-refractivity contribution >= 4 is 70.9 Å². The highest BCUT2D eigenvalue weighted by Crippen LogP contribution is 2.21. The number of nitrogens with one attached hydrogen (secondary N) is 7. The van der Waals surface area contributed by atoms with E-state index in [2.05, 4.69) is 51.1 Å². The maximum Gasteiger partial charge on any atom is 0.245 e. The van der Waals surface area contributed by atoms with Crippen molar-refractivity contribution in [3.63, 3.8) is 0 Å². The molecular formula is C48H74N12O14. The van der Waals surface area contributed by atoms with Crippen molar-refractivity contribution in [2.45, 2.75) is 171 Å². The van der Waals surface area contributed by atoms with Gasteiger partial charge in [0.15, 0.2) is 0 Å². The minimum absolute atomic E-state index is 0.00252. The van der Waals surface area contributed by atoms with Crippen LogP contribution in [0, 0.1) is 5.92 Å². The van der Waals surface area contributed by atoms with Crippen LogP contribution in [0.25, 0.3) is 0 Å². The van der Waals surface area contributed by atoms with Crippen LogP contribution in [0.2, 0.25) is 0 Å². The molecule has 0 aliphatic carbocycles. The Hall–Kier alpha value is -7.38. The van der Waals surface area contributed by atoms with Gasteiger partial charge in [-0.2, -0.15) is 0 Å². The number of primary amides is 4. The minimum Gasteiger partial charge on any atom is -0.508 e. The summed E-state index contributed by atoms with van der Waals surface area (Å²) in [6, 6.07) is -7.36. The lowest BCUT2D eigenvalue weighted by Gasteiger charge is -2.31. The van der Waals surface area contributed by atoms with Crippen molar-refractivity contribution in [1.82, 2.24) is 42.1 Å². The number of hydrogen-bond acceptors (Lipinski definition) is 14. The third kappa shape index (κ3) is 21.4. The quantitative estimate of drug-likeness (QED) is 0.0529. The summed E-state index contributed by atoms with van der Waals surface area (Å²) in [5.41, 5.74) is 22.2. The molecule has 0 radical (unpaired) electrons. The Morgan fingerprint density at radius 2 is 1.05 bits per heavy atom. The Kier molecular flexibility index (Phi) is 25.2. The molecular weight excluding hydrogens is 969 g/mol. The molecule has 2 heterocycles. The van der Waals surface area contributed by atoms with Crippen LogP contribution in [0.15, 0.2) is 24.3 Å². The van der Waals surface area contributed by atoms with Crippen LogP contribution >= 0.6 is 0 Å². The number of rotatable bonds is 21. The van der Waals surface area contributed by atoms with Crippen LogP contribution in [-0.2, 0) is 64.0 Å². The average molecular weight is 1040 g/mol. The molecule has 2 saturated heterocycles. The van der Waals surface area contributed by atoms with Crippen LogP contribution in [0.1, 0.15) is 122 Å². The number of nitrogens with zero attached hydrogens (tertiary/aromatic N) is 1. The van der Waals surface area contributed by atoms with Gasteiger partial charge >= 0.3 is 0 Å². The number of phenolic OH excluding ortho intramolecular Hbond substituents is 1. The molecule has 1 aromatic rings. The summed E-state index contributed by atoms with van der Waals surface area (Å²) in [5.74, 6) is -12.0. The van der Waals surface area contributed by atoms with E-state index in [1.54, 1.807) is 0 Å². The molecule has 0 saturated carbocycles. The highest BCUT2D eigenvalue weighted by molar-refractivity contribution is 6.00. The van der Waals surface area contributed by atoms with Gasteiger partial charge in [-0.05, 0) is 49.3 Å². The van der Waals surface area contributed by atoms with Gasteiger partial charge < -0.3 is 75.3 Å². The Morgan fingerprint density at radius 1 is 0.581 bits per heavy atom. The second-order valence-corrected chi connectivity index (χ2v) is 19.2. The van der Waals surface area contributed by atoms with E-state index in [4.69, 9.17) is 22.9 Å². The predicted octanol–water partition coefficient (Wildman–Crippen LogP) is -3.62. The second kappa shape index (κ2) is 30.6. The van der Waals surface area contributed by atoms with E-state index in [9.17, 15) is 67.7 Å². The number of nitrogens with two attached hydrogens (primary N) is 4. The van der Waals surface area contributed by atoms with Gasteiger partial charge in [0.05, 0.1) is 25.9 Å². The van der Waals surface area contributed by atoms with Crippen LogP contribution < -0.4 is 60.2 Å². The van der Waals surface area contributed by atoms with Crippen molar-refractivity contribution < 1.29 is 67.7 Å². The van der Waals surface area contributed by atoms with Crippen molar-refractivity contribution in [3.8, 4) is 5.75 Å². The molecule has 12 amide bonds. The number of unbranched alkanes of at least 4 members (excludes halogenated alkanes) is 5. The van der Waals surface area contributed by atoms with Crippen molar-refractivity contribution in [3.05, 3.63) is 29.8 Å². The molecule has 2 aliphatic heterocycles. The number of hydrogen-bond donors (Lipinski definition) is 13. The Labute approximate surface area is 428 Å². The first-order chi connectivity index (χ1) is 35.0. The zero-order valence-corrected chi connectivity index (χ0v) is 42.0. The number of carbonyl (C=O) groups excluding carboxylic acids is 12. The number of aliphatic hydroxyl groups is 1. The molecule has 2 fully saturated rings. The van der Waals surface area contributed by atoms with E-state index < -0.39 is 164 Å². The molecule has 3 rings (SSSR count). The minimum atomic E-state index is -1.86. The number of carbonyl (C=O) groups is 12. The van der Waals surface area contributed by atoms with Gasteiger partial charge in [0, 0.05) is 31.8 Å². The molecule has 0 bridgehead atoms. The summed E-state index contributed by atoms with van der Waals surface area (Å²) in [6.07, 6.45) is 2.21. The van der Waals surface area contributed by atoms with Gasteiger partial charge in [-0.1, -0.05) is 70.9 Å². The zero-order chi connectivity index (χ0) is 55.1. The first kappa shape index (κ1) is 60.9. The normalized spacial score (nSPS) is 24.1. The maximum atomic E-state index is 14.3. The van der Waals surface area contributed by atoms with Crippen molar-refractivity contribution in [2.24, 2.45) is 28.9 Å². The maximum absolute atomic E-state index is 14.3. The first-order valence-corrected chi connectivity index (χ1v) is 24.9. The summed E-state index contributed by atoms with van der Waals surface area (Å²) in [5, 5.41) is 37.2. The molecule has 2 aliphatic rings. The number of amides is 12. The average Bonchev–Trinajstić information content (AvgIpc) is 3.82. The third-order valence-corrected chi connectivity index (χ3v) is 12.5. The number of fused-ring (bicyclic) bond motifs is 1. The van der Waals surface area contributed by atoms with Gasteiger partial charge in [-0.25, -0.2) is 0 Å². The summed E-state index contributed by atoms with van der Waals surface area (Å²) in [4.78, 5) is 162. The highest BCUT2D eigenvalue weighted by atomic mass is 16.3. The molecule has 0 spiro atoms. The van der Waals surface area contributed by atoms with E-state index in [0.717, 1.165) is 37.0 Å². The molecule has 8 atom stereocenters. The van der Waals surface area contributed by atoms with Crippen molar-refractivity contribution in [1.29, 1.82) is 0 Å². The Balaban J connectivity index is 2.13. The van der Waals surface area contributed by atoms with E-state index in [1.165, 1.54) is 24.3 Å². The number of aromatic hydroxyl groups is 1. The smallest absolute Gasteiger partial charge is 0.245 e. The van der Waals surface area contributed by atoms with Crippen LogP contribution in [0.5, 0.6) is 5.75 Å². The largest absolute Gasteiger partial charge is 0.508 e. The fourth-order valence-electron chi connectivity index (χ4n) is 8.56. The predicted molar refractivity (Wildman–Crippen MR) is 263 cm³/mol. The molecule has 26 heteroatoms. The van der Waals surface area contributed by atoms with Crippen LogP contribution in [0.4, 0.5) is 0 Å². The molecule has 0 aromatic heterocycles. The van der Waals surface area contributed by atoms with Gasteiger partial charge in [0.2, 0.25) is 70.9 Å². The highest BCUT2D eigenvalue weighted by Gasteiger charge is 2.41. The summed E-state index contributed by atoms with van der Waals surface area (Å²) in [7, 11) is 0. The number of phenols is 1. The summed E-state index contributed by atoms with van der Waals surface area (Å²) < 4.78 is 0. The summed E-state index contributed by atoms with van der Waals surface area (Å²) >= 11 is 0. The first-order valence-electron chi connectivity index (χ1n) is 24.9. The molecule has 410 valence electrons. The van der Waals surface area contributed by atoms with Crippen LogP contribution in [0.3, 0.4) is 0 Å². The van der Waals surface area contributed by atoms with Gasteiger partial charge in [0.1, 0.15) is 48.0 Å². The lowest BCUT2D eigenvalue weighted by atomic mass is 10.0. The standard InChI is InChI=1S/C48H74N12O14/c1-26(2)10-7-5-3-4-6-8-11-28-21-41(67)54-32(22-38(50)64)43(69)56-31(20-27-13-15-29(62)16-14-27)42(68)57-33(23-39(51)65)44(70)55-30(17-18-37(49)63)48(74)60-19-9-12-36(60)47(73)58-34(24-40(52)66)45(71)59-35(25-61)46(72)53-28/h13-16,26,28,30-36,61-62H,3-12,17-25H2,1-2H3,(H2,49,63)(H2,50,64)(H2,51,65)(H2,52,66)(H,53,72)(H,54,67)(H,55,70)(H,56,69)(H,57,68)(H,58,73)(H,59,71). The van der Waals surface area contributed by atoms with Gasteiger partial charge in [-0.15, -0.1) is 0 Å². The molecule has 8 unspecified atom stereocenters. The molecule has 74 heavy (non-hydrogen) atoms.